The van der Waals surface area contributed by atoms with E-state index >= 15 is 0 Å². The van der Waals surface area contributed by atoms with E-state index in [0.717, 1.165) is 18.7 Å². The summed E-state index contributed by atoms with van der Waals surface area (Å²) in [5.41, 5.74) is 2.98. The molecule has 1 amide bonds. The number of carbonyl (C=O) groups is 1. The summed E-state index contributed by atoms with van der Waals surface area (Å²) in [7, 11) is 1.86. The van der Waals surface area contributed by atoms with Gasteiger partial charge in [0.1, 0.15) is 5.69 Å². The van der Waals surface area contributed by atoms with Gasteiger partial charge in [-0.3, -0.25) is 4.79 Å². The zero-order valence-corrected chi connectivity index (χ0v) is 16.0. The molecule has 1 aliphatic heterocycles. The van der Waals surface area contributed by atoms with Crippen molar-refractivity contribution in [3.8, 4) is 0 Å². The molecule has 25 heavy (non-hydrogen) atoms. The summed E-state index contributed by atoms with van der Waals surface area (Å²) in [5.74, 6) is 1.22. The number of hydrogen-bond acceptors (Lipinski definition) is 3. The summed E-state index contributed by atoms with van der Waals surface area (Å²) >= 11 is 1.94. The third-order valence-corrected chi connectivity index (χ3v) is 5.82. The van der Waals surface area contributed by atoms with Crippen molar-refractivity contribution in [3.63, 3.8) is 0 Å². The highest BCUT2D eigenvalue weighted by Gasteiger charge is 2.27. The molecule has 1 aliphatic rings. The third-order valence-electron chi connectivity index (χ3n) is 4.74. The van der Waals surface area contributed by atoms with Crippen LogP contribution in [0.4, 0.5) is 5.69 Å². The molecule has 0 spiro atoms. The van der Waals surface area contributed by atoms with Gasteiger partial charge in [-0.2, -0.15) is 0 Å². The molecular formula is C20H27N3OS. The van der Waals surface area contributed by atoms with Crippen LogP contribution in [0.1, 0.15) is 55.1 Å². The lowest BCUT2D eigenvalue weighted by molar-refractivity contribution is 0.0981. The molecule has 1 aromatic carbocycles. The number of nitrogens with zero attached hydrogens (tertiary/aromatic N) is 3. The molecule has 2 heterocycles. The number of thioether (sulfide) groups is 1. The van der Waals surface area contributed by atoms with Crippen LogP contribution in [0.5, 0.6) is 0 Å². The van der Waals surface area contributed by atoms with Gasteiger partial charge in [-0.15, -0.1) is 11.8 Å². The Morgan fingerprint density at radius 1 is 1.24 bits per heavy atom. The molecule has 0 saturated heterocycles. The molecule has 3 rings (SSSR count). The molecule has 1 aromatic heterocycles. The van der Waals surface area contributed by atoms with Crippen LogP contribution in [0, 0.1) is 0 Å². The molecule has 0 saturated carbocycles. The molecule has 0 N–H and O–H groups in total. The van der Waals surface area contributed by atoms with Crippen molar-refractivity contribution >= 4 is 23.4 Å². The number of fused-ring (bicyclic) bond motifs is 1. The Labute approximate surface area is 154 Å². The van der Waals surface area contributed by atoms with E-state index < -0.39 is 0 Å². The fourth-order valence-electron chi connectivity index (χ4n) is 3.28. The first-order valence-corrected chi connectivity index (χ1v) is 10.2. The summed E-state index contributed by atoms with van der Waals surface area (Å²) in [5, 5.41) is 0. The van der Waals surface area contributed by atoms with Crippen LogP contribution in [0.3, 0.4) is 0 Å². The largest absolute Gasteiger partial charge is 0.330 e. The molecule has 134 valence electrons. The Bertz CT molecular complexity index is 725. The molecular weight excluding hydrogens is 330 g/mol. The molecule has 0 atom stereocenters. The lowest BCUT2D eigenvalue weighted by Crippen LogP contribution is -2.30. The highest BCUT2D eigenvalue weighted by atomic mass is 32.2. The number of benzene rings is 1. The Kier molecular flexibility index (Phi) is 6.19. The predicted octanol–water partition coefficient (Wildman–Crippen LogP) is 4.69. The van der Waals surface area contributed by atoms with Gasteiger partial charge in [-0.25, -0.2) is 4.98 Å². The number of hydrogen-bond donors (Lipinski definition) is 0. The van der Waals surface area contributed by atoms with E-state index in [0.29, 0.717) is 5.69 Å². The van der Waals surface area contributed by atoms with E-state index in [9.17, 15) is 4.79 Å². The lowest BCUT2D eigenvalue weighted by atomic mass is 10.2. The average molecular weight is 358 g/mol. The van der Waals surface area contributed by atoms with E-state index in [4.69, 9.17) is 0 Å². The predicted molar refractivity (Wildman–Crippen MR) is 105 cm³/mol. The number of imidazole rings is 1. The van der Waals surface area contributed by atoms with Gasteiger partial charge in [0.25, 0.3) is 5.91 Å². The molecule has 4 nitrogen and oxygen atoms in total. The number of carbonyl (C=O) groups excluding carboxylic acids is 1. The van der Waals surface area contributed by atoms with Crippen LogP contribution in [0.2, 0.25) is 0 Å². The van der Waals surface area contributed by atoms with Crippen molar-refractivity contribution in [1.29, 1.82) is 0 Å². The first-order valence-electron chi connectivity index (χ1n) is 9.24. The number of unbranched alkanes of at least 4 members (excludes halogenated alkanes) is 4. The minimum atomic E-state index is 0.0371. The summed E-state index contributed by atoms with van der Waals surface area (Å²) in [4.78, 5) is 20.0. The van der Waals surface area contributed by atoms with Gasteiger partial charge >= 0.3 is 0 Å². The highest BCUT2D eigenvalue weighted by Crippen LogP contribution is 2.33. The van der Waals surface area contributed by atoms with Crippen molar-refractivity contribution in [2.75, 3.05) is 17.2 Å². The van der Waals surface area contributed by atoms with E-state index in [1.54, 1.807) is 17.1 Å². The van der Waals surface area contributed by atoms with Gasteiger partial charge in [0.2, 0.25) is 0 Å². The number of rotatable bonds is 8. The second kappa shape index (κ2) is 8.56. The molecule has 0 fully saturated rings. The second-order valence-corrected chi connectivity index (χ2v) is 7.82. The Morgan fingerprint density at radius 2 is 2.08 bits per heavy atom. The molecule has 0 aliphatic carbocycles. The Hall–Kier alpha value is -1.75. The van der Waals surface area contributed by atoms with E-state index in [1.165, 1.54) is 48.3 Å². The number of aromatic nitrogens is 2. The minimum Gasteiger partial charge on any atom is -0.330 e. The molecule has 0 bridgehead atoms. The standard InChI is InChI=1S/C20H27N3OS/c1-3-4-5-6-7-12-25-17-8-9-18-16(13-17)10-11-23(18)20(24)19-14-21-15-22(19)2/h8-9,13-15H,3-7,10-12H2,1-2H3. The van der Waals surface area contributed by atoms with Crippen molar-refractivity contribution < 1.29 is 4.79 Å². The van der Waals surface area contributed by atoms with Crippen LogP contribution < -0.4 is 4.90 Å². The van der Waals surface area contributed by atoms with Crippen LogP contribution >= 0.6 is 11.8 Å². The fraction of sp³-hybridized carbons (Fsp3) is 0.500. The second-order valence-electron chi connectivity index (χ2n) is 6.65. The SMILES string of the molecule is CCCCCCCSc1ccc2c(c1)CCN2C(=O)c1cncn1C. The summed E-state index contributed by atoms with van der Waals surface area (Å²) in [6.45, 7) is 3.01. The van der Waals surface area contributed by atoms with Crippen molar-refractivity contribution in [2.24, 2.45) is 7.05 Å². The molecule has 2 aromatic rings. The van der Waals surface area contributed by atoms with Crippen molar-refractivity contribution in [3.05, 3.63) is 42.0 Å². The number of anilines is 1. The smallest absolute Gasteiger partial charge is 0.276 e. The van der Waals surface area contributed by atoms with Gasteiger partial charge in [-0.05, 0) is 42.4 Å². The van der Waals surface area contributed by atoms with Crippen LogP contribution in [-0.4, -0.2) is 27.8 Å². The van der Waals surface area contributed by atoms with Crippen molar-refractivity contribution in [2.45, 2.75) is 50.3 Å². The maximum absolute atomic E-state index is 12.7. The maximum Gasteiger partial charge on any atom is 0.276 e. The van der Waals surface area contributed by atoms with Crippen LogP contribution in [0.25, 0.3) is 0 Å². The summed E-state index contributed by atoms with van der Waals surface area (Å²) in [6.07, 6.45) is 10.9. The van der Waals surface area contributed by atoms with Crippen LogP contribution in [0.15, 0.2) is 35.6 Å². The Balaban J connectivity index is 1.59. The number of aryl methyl sites for hydroxylation is 1. The van der Waals surface area contributed by atoms with Crippen LogP contribution in [-0.2, 0) is 13.5 Å². The Morgan fingerprint density at radius 3 is 2.84 bits per heavy atom. The van der Waals surface area contributed by atoms with Gasteiger partial charge in [0, 0.05) is 24.2 Å². The van der Waals surface area contributed by atoms with E-state index in [1.807, 2.05) is 23.7 Å². The lowest BCUT2D eigenvalue weighted by Gasteiger charge is -2.17. The highest BCUT2D eigenvalue weighted by molar-refractivity contribution is 7.99. The summed E-state index contributed by atoms with van der Waals surface area (Å²) < 4.78 is 1.78. The van der Waals surface area contributed by atoms with Crippen molar-refractivity contribution in [1.82, 2.24) is 9.55 Å². The molecule has 0 radical (unpaired) electrons. The van der Waals surface area contributed by atoms with Gasteiger partial charge in [0.05, 0.1) is 12.5 Å². The fourth-order valence-corrected chi connectivity index (χ4v) is 4.25. The monoisotopic (exact) mass is 357 g/mol. The van der Waals surface area contributed by atoms with Gasteiger partial charge in [0.15, 0.2) is 0 Å². The van der Waals surface area contributed by atoms with Gasteiger partial charge in [-0.1, -0.05) is 32.6 Å². The maximum atomic E-state index is 12.7. The van der Waals surface area contributed by atoms with E-state index in [-0.39, 0.29) is 5.91 Å². The molecule has 5 heteroatoms. The minimum absolute atomic E-state index is 0.0371. The zero-order chi connectivity index (χ0) is 17.6. The topological polar surface area (TPSA) is 38.1 Å². The van der Waals surface area contributed by atoms with Gasteiger partial charge < -0.3 is 9.47 Å². The summed E-state index contributed by atoms with van der Waals surface area (Å²) in [6, 6.07) is 6.53. The normalized spacial score (nSPS) is 13.3. The number of amides is 1. The third kappa shape index (κ3) is 4.27. The average Bonchev–Trinajstić information content (AvgIpc) is 3.23. The first-order chi connectivity index (χ1) is 12.2. The van der Waals surface area contributed by atoms with E-state index in [2.05, 4.69) is 30.1 Å². The zero-order valence-electron chi connectivity index (χ0n) is 15.2. The first kappa shape index (κ1) is 18.1. The molecule has 0 unspecified atom stereocenters. The quantitative estimate of drug-likeness (QED) is 0.508.